The summed E-state index contributed by atoms with van der Waals surface area (Å²) in [5.74, 6) is -0.566. The Morgan fingerprint density at radius 3 is 1.95 bits per heavy atom. The summed E-state index contributed by atoms with van der Waals surface area (Å²) < 4.78 is 12.4. The molecule has 3 rings (SSSR count). The van der Waals surface area contributed by atoms with E-state index in [0.717, 1.165) is 5.56 Å². The highest BCUT2D eigenvalue weighted by Gasteiger charge is 2.34. The number of benzene rings is 2. The number of rotatable bonds is 3. The van der Waals surface area contributed by atoms with Gasteiger partial charge < -0.3 is 0 Å². The molecule has 1 aliphatic heterocycles. The number of halogens is 1. The lowest BCUT2D eigenvalue weighted by molar-refractivity contribution is 0.0642. The Balaban J connectivity index is 1.85. The van der Waals surface area contributed by atoms with E-state index in [2.05, 4.69) is 0 Å². The van der Waals surface area contributed by atoms with Crippen LogP contribution in [0.1, 0.15) is 26.3 Å². The van der Waals surface area contributed by atoms with Gasteiger partial charge in [-0.05, 0) is 29.8 Å². The Kier molecular flexibility index (Phi) is 3.28. The number of hydrogen-bond donors (Lipinski definition) is 0. The van der Waals surface area contributed by atoms with Crippen molar-refractivity contribution in [3.8, 4) is 0 Å². The van der Waals surface area contributed by atoms with E-state index in [4.69, 9.17) is 0 Å². The molecule has 0 radical (unpaired) electrons. The van der Waals surface area contributed by atoms with E-state index in [1.54, 1.807) is 48.5 Å². The molecular formula is C15H10FNO2S. The predicted octanol–water partition coefficient (Wildman–Crippen LogP) is 3.46. The maximum atomic E-state index is 12.4. The fourth-order valence-corrected chi connectivity index (χ4v) is 2.45. The normalized spacial score (nSPS) is 13.8. The van der Waals surface area contributed by atoms with Crippen molar-refractivity contribution >= 4 is 24.0 Å². The van der Waals surface area contributed by atoms with E-state index < -0.39 is 0 Å². The van der Waals surface area contributed by atoms with Gasteiger partial charge in [0, 0.05) is 4.90 Å². The molecule has 3 nitrogen and oxygen atoms in total. The number of amides is 2. The molecule has 0 saturated heterocycles. The molecule has 0 unspecified atom stereocenters. The van der Waals surface area contributed by atoms with Gasteiger partial charge in [0.05, 0.1) is 29.8 Å². The van der Waals surface area contributed by atoms with Crippen molar-refractivity contribution in [3.63, 3.8) is 0 Å². The van der Waals surface area contributed by atoms with Gasteiger partial charge in [0.25, 0.3) is 11.8 Å². The summed E-state index contributed by atoms with van der Waals surface area (Å²) >= 11 is 0.164. The van der Waals surface area contributed by atoms with Gasteiger partial charge in [-0.2, -0.15) is 3.89 Å². The molecule has 0 saturated carbocycles. The molecule has 1 heterocycles. The fraction of sp³-hybridized carbons (Fsp3) is 0.0667. The van der Waals surface area contributed by atoms with Gasteiger partial charge in [-0.25, -0.2) is 0 Å². The molecule has 0 atom stereocenters. The molecule has 5 heteroatoms. The number of nitrogens with zero attached hydrogens (tertiary/aromatic N) is 1. The van der Waals surface area contributed by atoms with Crippen LogP contribution in [0, 0.1) is 0 Å². The highest BCUT2D eigenvalue weighted by atomic mass is 32.2. The van der Waals surface area contributed by atoms with Crippen LogP contribution in [0.3, 0.4) is 0 Å². The average Bonchev–Trinajstić information content (AvgIpc) is 2.74. The first-order valence-electron chi connectivity index (χ1n) is 6.03. The largest absolute Gasteiger partial charge is 0.270 e. The van der Waals surface area contributed by atoms with E-state index in [1.807, 2.05) is 0 Å². The number of carbonyl (C=O) groups excluding carboxylic acids is 2. The van der Waals surface area contributed by atoms with Gasteiger partial charge in [-0.1, -0.05) is 24.3 Å². The Hall–Kier alpha value is -2.14. The number of hydrogen-bond acceptors (Lipinski definition) is 3. The molecule has 20 heavy (non-hydrogen) atoms. The van der Waals surface area contributed by atoms with Crippen LogP contribution in [0.15, 0.2) is 53.4 Å². The van der Waals surface area contributed by atoms with Crippen molar-refractivity contribution < 1.29 is 13.5 Å². The first-order chi connectivity index (χ1) is 9.70. The lowest BCUT2D eigenvalue weighted by Crippen LogP contribution is -2.29. The van der Waals surface area contributed by atoms with Gasteiger partial charge >= 0.3 is 0 Å². The quantitative estimate of drug-likeness (QED) is 0.811. The summed E-state index contributed by atoms with van der Waals surface area (Å²) in [5, 5.41) is 0. The van der Waals surface area contributed by atoms with Crippen LogP contribution >= 0.6 is 12.1 Å². The summed E-state index contributed by atoms with van der Waals surface area (Å²) in [5.41, 5.74) is 1.67. The van der Waals surface area contributed by atoms with Gasteiger partial charge in [0.2, 0.25) is 0 Å². The fourth-order valence-electron chi connectivity index (χ4n) is 2.21. The summed E-state index contributed by atoms with van der Waals surface area (Å²) in [7, 11) is 0. The monoisotopic (exact) mass is 287 g/mol. The SMILES string of the molecule is O=C1c2ccccc2C(=O)N1Cc1ccc(SF)cc1. The second kappa shape index (κ2) is 5.09. The molecule has 0 aliphatic carbocycles. The molecular weight excluding hydrogens is 277 g/mol. The topological polar surface area (TPSA) is 37.4 Å². The molecule has 1 aliphatic rings. The van der Waals surface area contributed by atoms with Crippen LogP contribution in [-0.4, -0.2) is 16.7 Å². The van der Waals surface area contributed by atoms with Crippen LogP contribution in [0.5, 0.6) is 0 Å². The summed E-state index contributed by atoms with van der Waals surface area (Å²) in [6.45, 7) is 0.198. The van der Waals surface area contributed by atoms with E-state index in [-0.39, 0.29) is 30.5 Å². The molecule has 0 spiro atoms. The molecule has 2 aromatic rings. The maximum Gasteiger partial charge on any atom is 0.261 e. The Bertz CT molecular complexity index is 650. The second-order valence-corrected chi connectivity index (χ2v) is 5.09. The van der Waals surface area contributed by atoms with Crippen molar-refractivity contribution in [2.75, 3.05) is 0 Å². The molecule has 2 amide bonds. The Morgan fingerprint density at radius 2 is 1.45 bits per heavy atom. The molecule has 0 bridgehead atoms. The molecule has 0 N–H and O–H groups in total. The maximum absolute atomic E-state index is 12.4. The lowest BCUT2D eigenvalue weighted by Gasteiger charge is -2.13. The molecule has 100 valence electrons. The summed E-state index contributed by atoms with van der Waals surface area (Å²) in [6.07, 6.45) is 0. The van der Waals surface area contributed by atoms with Crippen LogP contribution < -0.4 is 0 Å². The summed E-state index contributed by atoms with van der Waals surface area (Å²) in [6, 6.07) is 13.5. The first kappa shape index (κ1) is 12.9. The zero-order valence-corrected chi connectivity index (χ0v) is 11.2. The highest BCUT2D eigenvalue weighted by Crippen LogP contribution is 2.25. The molecule has 0 fully saturated rings. The zero-order valence-electron chi connectivity index (χ0n) is 10.4. The predicted molar refractivity (Wildman–Crippen MR) is 74.1 cm³/mol. The standard InChI is InChI=1S/C15H10FNO2S/c16-20-11-7-5-10(6-8-11)9-17-14(18)12-3-1-2-4-13(12)15(17)19/h1-8H,9H2. The highest BCUT2D eigenvalue weighted by molar-refractivity contribution is 7.94. The van der Waals surface area contributed by atoms with Gasteiger partial charge in [-0.3, -0.25) is 14.5 Å². The van der Waals surface area contributed by atoms with Crippen LogP contribution in [-0.2, 0) is 6.54 Å². The summed E-state index contributed by atoms with van der Waals surface area (Å²) in [4.78, 5) is 26.1. The number of fused-ring (bicyclic) bond motifs is 1. The van der Waals surface area contributed by atoms with Crippen molar-refractivity contribution in [2.24, 2.45) is 0 Å². The van der Waals surface area contributed by atoms with Crippen molar-refractivity contribution in [2.45, 2.75) is 11.4 Å². The lowest BCUT2D eigenvalue weighted by atomic mass is 10.1. The minimum atomic E-state index is -0.283. The van der Waals surface area contributed by atoms with Gasteiger partial charge in [0.15, 0.2) is 0 Å². The third-order valence-electron chi connectivity index (χ3n) is 3.23. The van der Waals surface area contributed by atoms with Crippen molar-refractivity contribution in [1.82, 2.24) is 4.90 Å². The van der Waals surface area contributed by atoms with Crippen molar-refractivity contribution in [1.29, 1.82) is 0 Å². The second-order valence-electron chi connectivity index (χ2n) is 4.46. The Morgan fingerprint density at radius 1 is 0.900 bits per heavy atom. The minimum Gasteiger partial charge on any atom is -0.270 e. The first-order valence-corrected chi connectivity index (χ1v) is 6.75. The van der Waals surface area contributed by atoms with E-state index >= 15 is 0 Å². The van der Waals surface area contributed by atoms with Crippen LogP contribution in [0.4, 0.5) is 3.89 Å². The third-order valence-corrected chi connectivity index (χ3v) is 3.68. The van der Waals surface area contributed by atoms with Gasteiger partial charge in [0.1, 0.15) is 0 Å². The van der Waals surface area contributed by atoms with Crippen LogP contribution in [0.25, 0.3) is 0 Å². The van der Waals surface area contributed by atoms with Gasteiger partial charge in [-0.15, -0.1) is 0 Å². The minimum absolute atomic E-state index is 0.164. The zero-order chi connectivity index (χ0) is 14.1. The van der Waals surface area contributed by atoms with E-state index in [1.165, 1.54) is 4.90 Å². The molecule has 0 aromatic heterocycles. The molecule has 2 aromatic carbocycles. The van der Waals surface area contributed by atoms with Crippen molar-refractivity contribution in [3.05, 3.63) is 65.2 Å². The Labute approximate surface area is 119 Å². The third kappa shape index (κ3) is 2.10. The average molecular weight is 287 g/mol. The number of imide groups is 1. The number of carbonyl (C=O) groups is 2. The van der Waals surface area contributed by atoms with E-state index in [9.17, 15) is 13.5 Å². The van der Waals surface area contributed by atoms with Crippen LogP contribution in [0.2, 0.25) is 0 Å². The smallest absolute Gasteiger partial charge is 0.261 e. The van der Waals surface area contributed by atoms with E-state index in [0.29, 0.717) is 16.0 Å².